The fourth-order valence-corrected chi connectivity index (χ4v) is 11.6. The van der Waals surface area contributed by atoms with Gasteiger partial charge in [-0.2, -0.15) is 0 Å². The highest BCUT2D eigenvalue weighted by Crippen LogP contribution is 2.23. The van der Waals surface area contributed by atoms with Crippen LogP contribution in [0.25, 0.3) is 0 Å². The highest BCUT2D eigenvalue weighted by Gasteiger charge is 2.44. The van der Waals surface area contributed by atoms with E-state index in [0.29, 0.717) is 19.4 Å². The van der Waals surface area contributed by atoms with Gasteiger partial charge in [0.2, 0.25) is 5.91 Å². The molecule has 0 saturated carbocycles. The zero-order valence-corrected chi connectivity index (χ0v) is 56.0. The third-order valence-electron chi connectivity index (χ3n) is 17.4. The van der Waals surface area contributed by atoms with Crippen molar-refractivity contribution in [2.75, 3.05) is 19.8 Å². The van der Waals surface area contributed by atoms with Crippen molar-refractivity contribution in [2.24, 2.45) is 0 Å². The Morgan fingerprint density at radius 2 is 0.791 bits per heavy atom. The van der Waals surface area contributed by atoms with E-state index in [1.807, 2.05) is 6.08 Å². The van der Waals surface area contributed by atoms with Gasteiger partial charge in [-0.3, -0.25) is 9.59 Å². The average Bonchev–Trinajstić information content (AvgIpc) is 3.61. The van der Waals surface area contributed by atoms with Crippen LogP contribution < -0.4 is 5.32 Å². The molecule has 11 nitrogen and oxygen atoms in total. The zero-order valence-electron chi connectivity index (χ0n) is 56.0. The summed E-state index contributed by atoms with van der Waals surface area (Å²) in [6, 6.07) is -0.826. The quantitative estimate of drug-likeness (QED) is 0.0195. The first kappa shape index (κ1) is 81.6. The lowest BCUT2D eigenvalue weighted by atomic mass is 9.99. The van der Waals surface area contributed by atoms with E-state index in [1.54, 1.807) is 6.08 Å². The summed E-state index contributed by atoms with van der Waals surface area (Å²) in [4.78, 5) is 25.1. The van der Waals surface area contributed by atoms with E-state index in [9.17, 15) is 35.1 Å². The number of nitrogens with one attached hydrogen (secondary N) is 1. The Bertz CT molecular complexity index is 1570. The van der Waals surface area contributed by atoms with Crippen LogP contribution in [0.4, 0.5) is 0 Å². The number of aliphatic hydroxyl groups excluding tert-OH is 5. The van der Waals surface area contributed by atoms with Gasteiger partial charge in [0.15, 0.2) is 6.29 Å². The molecule has 0 aromatic rings. The summed E-state index contributed by atoms with van der Waals surface area (Å²) in [6.45, 7) is 4.34. The number of rotatable bonds is 65. The van der Waals surface area contributed by atoms with Gasteiger partial charge in [0, 0.05) is 12.8 Å². The lowest BCUT2D eigenvalue weighted by molar-refractivity contribution is -0.302. The molecule has 0 aromatic carbocycles. The largest absolute Gasteiger partial charge is 0.466 e. The number of carbonyl (C=O) groups excluding carboxylic acids is 2. The predicted molar refractivity (Wildman–Crippen MR) is 361 cm³/mol. The summed E-state index contributed by atoms with van der Waals surface area (Å²) in [6.07, 6.45) is 74.1. The zero-order chi connectivity index (χ0) is 62.3. The number of amides is 1. The van der Waals surface area contributed by atoms with E-state index < -0.39 is 49.5 Å². The summed E-state index contributed by atoms with van der Waals surface area (Å²) in [7, 11) is 0. The van der Waals surface area contributed by atoms with E-state index in [4.69, 9.17) is 14.2 Å². The number of ether oxygens (including phenoxy) is 3. The minimum absolute atomic E-state index is 0.00971. The van der Waals surface area contributed by atoms with Crippen LogP contribution in [0.15, 0.2) is 48.6 Å². The third kappa shape index (κ3) is 52.4. The van der Waals surface area contributed by atoms with E-state index in [-0.39, 0.29) is 18.5 Å². The van der Waals surface area contributed by atoms with E-state index in [1.165, 1.54) is 270 Å². The Labute approximate surface area is 529 Å². The summed E-state index contributed by atoms with van der Waals surface area (Å²) in [5.41, 5.74) is 0. The van der Waals surface area contributed by atoms with Crippen molar-refractivity contribution in [2.45, 2.75) is 397 Å². The highest BCUT2D eigenvalue weighted by atomic mass is 16.7. The van der Waals surface area contributed by atoms with Crippen LogP contribution in [0.3, 0.4) is 0 Å². The Morgan fingerprint density at radius 1 is 0.430 bits per heavy atom. The van der Waals surface area contributed by atoms with Crippen LogP contribution in [0.1, 0.15) is 354 Å². The normalized spacial score (nSPS) is 18.2. The van der Waals surface area contributed by atoms with Crippen LogP contribution in [0.2, 0.25) is 0 Å². The second-order valence-electron chi connectivity index (χ2n) is 25.6. The van der Waals surface area contributed by atoms with Gasteiger partial charge in [-0.1, -0.05) is 313 Å². The molecule has 0 aromatic heterocycles. The number of unbranched alkanes of at least 4 members (excludes halogenated alkanes) is 45. The first-order valence-corrected chi connectivity index (χ1v) is 36.9. The molecule has 0 aliphatic carbocycles. The lowest BCUT2D eigenvalue weighted by Crippen LogP contribution is -2.60. The third-order valence-corrected chi connectivity index (χ3v) is 17.4. The number of hydrogen-bond acceptors (Lipinski definition) is 10. The molecular weight excluding hydrogens is 1070 g/mol. The fourth-order valence-electron chi connectivity index (χ4n) is 11.6. The molecule has 0 radical (unpaired) electrons. The predicted octanol–water partition coefficient (Wildman–Crippen LogP) is 19.1. The van der Waals surface area contributed by atoms with Crippen molar-refractivity contribution >= 4 is 11.9 Å². The summed E-state index contributed by atoms with van der Waals surface area (Å²) >= 11 is 0. The molecule has 1 aliphatic heterocycles. The molecule has 1 fully saturated rings. The van der Waals surface area contributed by atoms with Crippen LogP contribution >= 0.6 is 0 Å². The summed E-state index contributed by atoms with van der Waals surface area (Å²) < 4.78 is 16.7. The van der Waals surface area contributed by atoms with Gasteiger partial charge in [-0.25, -0.2) is 0 Å². The molecule has 11 heteroatoms. The van der Waals surface area contributed by atoms with Gasteiger partial charge in [0.05, 0.1) is 32.0 Å². The highest BCUT2D eigenvalue weighted by molar-refractivity contribution is 5.76. The monoisotopic (exact) mass is 1210 g/mol. The summed E-state index contributed by atoms with van der Waals surface area (Å²) in [5.74, 6) is -0.179. The van der Waals surface area contributed by atoms with Gasteiger partial charge >= 0.3 is 5.97 Å². The lowest BCUT2D eigenvalue weighted by Gasteiger charge is -2.40. The maximum atomic E-state index is 13.1. The molecule has 1 aliphatic rings. The van der Waals surface area contributed by atoms with Crippen LogP contribution in [-0.2, 0) is 23.8 Å². The molecule has 1 amide bonds. The molecule has 6 N–H and O–H groups in total. The van der Waals surface area contributed by atoms with Crippen LogP contribution in [-0.4, -0.2) is 100 Å². The van der Waals surface area contributed by atoms with Gasteiger partial charge in [-0.05, 0) is 77.0 Å². The molecule has 1 saturated heterocycles. The molecule has 7 unspecified atom stereocenters. The van der Waals surface area contributed by atoms with Crippen LogP contribution in [0, 0.1) is 0 Å². The Balaban J connectivity index is 1.95. The number of carbonyl (C=O) groups is 2. The van der Waals surface area contributed by atoms with Crippen LogP contribution in [0.5, 0.6) is 0 Å². The number of allylic oxidation sites excluding steroid dienone is 7. The van der Waals surface area contributed by atoms with Crippen molar-refractivity contribution in [1.82, 2.24) is 5.32 Å². The molecule has 504 valence electrons. The smallest absolute Gasteiger partial charge is 0.305 e. The Kier molecular flexibility index (Phi) is 60.9. The second kappa shape index (κ2) is 64.2. The molecule has 7 atom stereocenters. The number of hydrogen-bond donors (Lipinski definition) is 6. The molecule has 86 heavy (non-hydrogen) atoms. The molecule has 1 rings (SSSR count). The fraction of sp³-hybridized carbons (Fsp3) is 0.867. The standard InChI is InChI=1S/C75H139NO10/c1-3-5-7-9-11-13-15-42-45-49-53-57-61-68(78)67(66-85-75-74(83)73(82)72(81)69(65-77)86-75)76-70(79)62-58-54-50-46-43-39-37-35-33-31-29-27-25-23-21-19-17-16-18-20-22-24-26-28-30-32-34-36-38-40-44-48-52-56-60-64-84-71(80)63-59-55-51-47-41-14-12-10-8-6-4-2/h18,20,24,26,42,45,57,61,67-69,72-75,77-78,81-83H,3-17,19,21-23,25,27-41,43-44,46-56,58-60,62-66H2,1-2H3,(H,76,79)/b20-18-,26-24-,45-42+,61-57+. The van der Waals surface area contributed by atoms with Gasteiger partial charge in [-0.15, -0.1) is 0 Å². The molecular formula is C75H139NO10. The van der Waals surface area contributed by atoms with Crippen molar-refractivity contribution in [1.29, 1.82) is 0 Å². The Morgan fingerprint density at radius 3 is 1.22 bits per heavy atom. The topological polar surface area (TPSA) is 175 Å². The van der Waals surface area contributed by atoms with Crippen molar-refractivity contribution in [3.05, 3.63) is 48.6 Å². The minimum atomic E-state index is -1.58. The maximum Gasteiger partial charge on any atom is 0.305 e. The van der Waals surface area contributed by atoms with E-state index >= 15 is 0 Å². The average molecular weight is 1210 g/mol. The Hall–Kier alpha value is -2.38. The second-order valence-corrected chi connectivity index (χ2v) is 25.6. The first-order valence-electron chi connectivity index (χ1n) is 36.9. The van der Waals surface area contributed by atoms with E-state index in [2.05, 4.69) is 55.6 Å². The van der Waals surface area contributed by atoms with Crippen molar-refractivity contribution < 1.29 is 49.3 Å². The van der Waals surface area contributed by atoms with Gasteiger partial charge in [0.1, 0.15) is 24.4 Å². The van der Waals surface area contributed by atoms with Gasteiger partial charge < -0.3 is 45.1 Å². The number of aliphatic hydroxyl groups is 5. The number of esters is 1. The van der Waals surface area contributed by atoms with E-state index in [0.717, 1.165) is 57.8 Å². The maximum absolute atomic E-state index is 13.1. The molecule has 1 heterocycles. The molecule has 0 spiro atoms. The minimum Gasteiger partial charge on any atom is -0.466 e. The summed E-state index contributed by atoms with van der Waals surface area (Å²) in [5, 5.41) is 54.4. The molecule has 0 bridgehead atoms. The van der Waals surface area contributed by atoms with Crippen molar-refractivity contribution in [3.8, 4) is 0 Å². The van der Waals surface area contributed by atoms with Crippen molar-refractivity contribution in [3.63, 3.8) is 0 Å². The SMILES string of the molecule is CCCCCCCC/C=C/CC/C=C/C(O)C(COC1OC(CO)C(O)C(O)C1O)NC(=O)CCCCCCCCCCCCCCCCCCC/C=C\C/C=C\CCCCCCCCCCCCCOC(=O)CCCCCCCCCCCCC. The first-order chi connectivity index (χ1) is 42.2. The van der Waals surface area contributed by atoms with Gasteiger partial charge in [0.25, 0.3) is 0 Å².